The lowest BCUT2D eigenvalue weighted by atomic mass is 9.68. The molecule has 0 radical (unpaired) electrons. The minimum absolute atomic E-state index is 0.103. The number of phenolic OH excluding ortho intramolecular Hbond substituents is 2. The maximum Gasteiger partial charge on any atom is 0.220 e. The fourth-order valence-corrected chi connectivity index (χ4v) is 7.67. The Morgan fingerprint density at radius 2 is 1.00 bits per heavy atom. The number of aliphatic hydroxyl groups is 13. The van der Waals surface area contributed by atoms with Crippen molar-refractivity contribution < 1.29 is 110 Å². The number of ether oxygens (including phenoxy) is 2. The van der Waals surface area contributed by atoms with Crippen LogP contribution < -0.4 is 0 Å². The van der Waals surface area contributed by atoms with Gasteiger partial charge in [-0.1, -0.05) is 36.4 Å². The fraction of sp³-hybridized carbons (Fsp3) is 0.326. The highest BCUT2D eigenvalue weighted by atomic mass is 16.6. The first kappa shape index (κ1) is 48.2. The highest BCUT2D eigenvalue weighted by molar-refractivity contribution is 6.38. The summed E-state index contributed by atoms with van der Waals surface area (Å²) in [4.78, 5) is 71.4. The molecule has 6 rings (SSSR count). The van der Waals surface area contributed by atoms with Crippen LogP contribution in [-0.4, -0.2) is 191 Å². The summed E-state index contributed by atoms with van der Waals surface area (Å²) in [6.07, 6.45) is -19.9. The summed E-state index contributed by atoms with van der Waals surface area (Å²) >= 11 is 0. The van der Waals surface area contributed by atoms with Crippen LogP contribution in [0.5, 0.6) is 11.5 Å². The molecule has 2 aliphatic heterocycles. The number of hydrogen-bond acceptors (Lipinski definition) is 22. The Morgan fingerprint density at radius 3 is 1.45 bits per heavy atom. The number of rotatable bonds is 10. The molecule has 0 amide bonds. The van der Waals surface area contributed by atoms with Gasteiger partial charge >= 0.3 is 0 Å². The third kappa shape index (κ3) is 8.22. The van der Waals surface area contributed by atoms with Crippen LogP contribution in [0.4, 0.5) is 0 Å². The number of phenols is 2. The van der Waals surface area contributed by atoms with E-state index in [9.17, 15) is 101 Å². The van der Waals surface area contributed by atoms with Crippen LogP contribution in [0.1, 0.15) is 11.1 Å². The van der Waals surface area contributed by atoms with Crippen molar-refractivity contribution >= 4 is 41.1 Å². The van der Waals surface area contributed by atoms with Crippen molar-refractivity contribution in [3.8, 4) is 11.5 Å². The van der Waals surface area contributed by atoms with Crippen LogP contribution in [0.25, 0.3) is 12.2 Å². The number of carbonyl (C=O) groups excluding carboxylic acids is 5. The molecule has 4 aliphatic rings. The zero-order valence-corrected chi connectivity index (χ0v) is 33.3. The molecular formula is C43H42O22. The summed E-state index contributed by atoms with van der Waals surface area (Å²) in [5, 5.41) is 162. The lowest BCUT2D eigenvalue weighted by Gasteiger charge is -2.47. The van der Waals surface area contributed by atoms with E-state index < -0.39 is 154 Å². The van der Waals surface area contributed by atoms with Gasteiger partial charge in [-0.3, -0.25) is 24.0 Å². The van der Waals surface area contributed by atoms with Gasteiger partial charge in [-0.15, -0.1) is 0 Å². The van der Waals surface area contributed by atoms with E-state index in [1.54, 1.807) is 0 Å². The predicted octanol–water partition coefficient (Wildman–Crippen LogP) is -3.79. The van der Waals surface area contributed by atoms with E-state index in [1.165, 1.54) is 48.5 Å². The number of carbonyl (C=O) groups is 5. The van der Waals surface area contributed by atoms with E-state index in [0.29, 0.717) is 6.08 Å². The Bertz CT molecular complexity index is 2460. The highest BCUT2D eigenvalue weighted by Crippen LogP contribution is 2.43. The Balaban J connectivity index is 1.62. The Kier molecular flexibility index (Phi) is 13.6. The highest BCUT2D eigenvalue weighted by Gasteiger charge is 2.66. The van der Waals surface area contributed by atoms with E-state index in [1.807, 2.05) is 0 Å². The number of benzene rings is 2. The standard InChI is InChI=1S/C43H42O22/c44-14-24-30(52)32(54)34(56)40(64-24)42(62)36(58)20(28(50)26(38(42)60)22(48)11-5-16-1-7-18(46)8-2-16)13-21-29(51)27(23(49)12-6-17-3-9-19(47)10-4-17)39(61)43(63,37(21)59)41-35(57)33(55)31(53)25(15-45)65-41/h1-13,24-25,30-35,40-41,44-48,50-57,62-63H,14-15H2/b11-5+,12-6+,21-13-,26-22-/t24-,25-,30-,31-,32+,33+,34-,35-,40-,41-,42+,43-/m1/s1. The Hall–Kier alpha value is -6.25. The van der Waals surface area contributed by atoms with E-state index in [-0.39, 0.29) is 28.7 Å². The topological polar surface area (TPSA) is 407 Å². The van der Waals surface area contributed by atoms with Crippen LogP contribution >= 0.6 is 0 Å². The molecule has 2 heterocycles. The lowest BCUT2D eigenvalue weighted by Crippen LogP contribution is -2.71. The number of aliphatic hydroxyl groups excluding tert-OH is 11. The second-order valence-electron chi connectivity index (χ2n) is 15.4. The van der Waals surface area contributed by atoms with Crippen molar-refractivity contribution in [2.24, 2.45) is 0 Å². The van der Waals surface area contributed by atoms with Crippen molar-refractivity contribution in [3.63, 3.8) is 0 Å². The molecular weight excluding hydrogens is 868 g/mol. The first-order valence-electron chi connectivity index (χ1n) is 19.3. The predicted molar refractivity (Wildman–Crippen MR) is 214 cm³/mol. The van der Waals surface area contributed by atoms with E-state index >= 15 is 0 Å². The zero-order chi connectivity index (χ0) is 48.0. The molecule has 0 aromatic heterocycles. The molecule has 0 bridgehead atoms. The van der Waals surface area contributed by atoms with Gasteiger partial charge in [0.25, 0.3) is 0 Å². The number of allylic oxidation sites excluding steroid dienone is 5. The summed E-state index contributed by atoms with van der Waals surface area (Å²) < 4.78 is 10.7. The summed E-state index contributed by atoms with van der Waals surface area (Å²) in [6.45, 7) is -2.35. The average molecular weight is 911 g/mol. The molecule has 0 unspecified atom stereocenters. The van der Waals surface area contributed by atoms with E-state index in [4.69, 9.17) is 9.47 Å². The first-order valence-corrected chi connectivity index (χ1v) is 19.3. The van der Waals surface area contributed by atoms with Crippen molar-refractivity contribution in [2.45, 2.75) is 72.2 Å². The molecule has 22 heteroatoms. The Labute approximate surface area is 365 Å². The van der Waals surface area contributed by atoms with Gasteiger partial charge in [-0.05, 0) is 53.6 Å². The van der Waals surface area contributed by atoms with Gasteiger partial charge < -0.3 is 86.1 Å². The van der Waals surface area contributed by atoms with E-state index in [2.05, 4.69) is 0 Å². The second-order valence-corrected chi connectivity index (χ2v) is 15.4. The summed E-state index contributed by atoms with van der Waals surface area (Å²) in [6, 6.07) is 10.0. The van der Waals surface area contributed by atoms with Gasteiger partial charge in [0, 0.05) is 0 Å². The molecule has 12 atom stereocenters. The number of hydrogen-bond donors (Lipinski definition) is 15. The summed E-state index contributed by atoms with van der Waals surface area (Å²) in [7, 11) is 0. The van der Waals surface area contributed by atoms with Gasteiger partial charge in [-0.25, -0.2) is 0 Å². The van der Waals surface area contributed by atoms with Gasteiger partial charge in [0.05, 0.1) is 24.4 Å². The number of aromatic hydroxyl groups is 2. The van der Waals surface area contributed by atoms with Crippen molar-refractivity contribution in [2.75, 3.05) is 13.2 Å². The molecule has 15 N–H and O–H groups in total. The molecule has 2 aliphatic carbocycles. The lowest BCUT2D eigenvalue weighted by molar-refractivity contribution is -0.260. The average Bonchev–Trinajstić information content (AvgIpc) is 3.28. The molecule has 22 nitrogen and oxygen atoms in total. The molecule has 65 heavy (non-hydrogen) atoms. The molecule has 2 saturated heterocycles. The summed E-state index contributed by atoms with van der Waals surface area (Å²) in [5.74, 6) is -14.7. The third-order valence-electron chi connectivity index (χ3n) is 11.4. The van der Waals surface area contributed by atoms with Crippen LogP contribution in [0.3, 0.4) is 0 Å². The molecule has 2 aromatic rings. The van der Waals surface area contributed by atoms with E-state index in [0.717, 1.165) is 18.2 Å². The minimum Gasteiger partial charge on any atom is -0.508 e. The van der Waals surface area contributed by atoms with Crippen LogP contribution in [0.15, 0.2) is 106 Å². The van der Waals surface area contributed by atoms with Crippen LogP contribution in [0, 0.1) is 0 Å². The molecule has 2 fully saturated rings. The van der Waals surface area contributed by atoms with Gasteiger partial charge in [-0.2, -0.15) is 0 Å². The number of ketones is 5. The quantitative estimate of drug-likeness (QED) is 0.0470. The van der Waals surface area contributed by atoms with Crippen LogP contribution in [-0.2, 0) is 33.4 Å². The molecule has 2 aromatic carbocycles. The maximum atomic E-state index is 14.5. The van der Waals surface area contributed by atoms with Crippen molar-refractivity contribution in [1.82, 2.24) is 0 Å². The first-order chi connectivity index (χ1) is 30.5. The third-order valence-corrected chi connectivity index (χ3v) is 11.4. The zero-order valence-electron chi connectivity index (χ0n) is 33.3. The number of Topliss-reactive ketones (excluding diaryl/α,β-unsaturated/α-hetero) is 4. The van der Waals surface area contributed by atoms with Crippen molar-refractivity contribution in [1.29, 1.82) is 0 Å². The van der Waals surface area contributed by atoms with Gasteiger partial charge in [0.1, 0.15) is 101 Å². The molecule has 346 valence electrons. The molecule has 0 saturated carbocycles. The van der Waals surface area contributed by atoms with Crippen molar-refractivity contribution in [3.05, 3.63) is 117 Å². The largest absolute Gasteiger partial charge is 0.508 e. The smallest absolute Gasteiger partial charge is 0.220 e. The maximum absolute atomic E-state index is 14.5. The van der Waals surface area contributed by atoms with Gasteiger partial charge in [0.15, 0.2) is 5.78 Å². The SMILES string of the molecule is O=C(/C=C/c1ccc(O)cc1)C1=C(O)/C(=C/C2=C(O)C(=C(O)\C=C\c3ccc(O)cc3)/C(=O)[C@](O)([C@@H]3O[C@H](CO)[C@@H](O)[C@H](O)[C@H]3O)C2=O)C(=O)[C@](O)([C@@H]2O[C@H](CO)[C@@H](O)[C@H](O)[C@H]2O)C1=O. The normalized spacial score (nSPS) is 35.2. The monoisotopic (exact) mass is 910 g/mol. The fourth-order valence-electron chi connectivity index (χ4n) is 7.67. The Morgan fingerprint density at radius 1 is 0.569 bits per heavy atom. The summed E-state index contributed by atoms with van der Waals surface area (Å²) in [5.41, 5.74) is -13.4. The molecule has 0 spiro atoms. The van der Waals surface area contributed by atoms with Gasteiger partial charge in [0.2, 0.25) is 34.3 Å². The second kappa shape index (κ2) is 18.3. The minimum atomic E-state index is -3.96. The van der Waals surface area contributed by atoms with Crippen LogP contribution in [0.2, 0.25) is 0 Å².